The van der Waals surface area contributed by atoms with Crippen molar-refractivity contribution in [3.8, 4) is 0 Å². The standard InChI is InChI=1S/C15H28O9/c16-5-12(6-17)8-22-11-23-9-13(7-18)10-24-15(21)4-2-1-3-14(19)20/h12-13,16-18H,1-11H2,(H,19,20). The van der Waals surface area contributed by atoms with Crippen LogP contribution < -0.4 is 0 Å². The van der Waals surface area contributed by atoms with Gasteiger partial charge in [0.25, 0.3) is 0 Å². The summed E-state index contributed by atoms with van der Waals surface area (Å²) in [7, 11) is 0. The third kappa shape index (κ3) is 13.2. The van der Waals surface area contributed by atoms with Crippen LogP contribution in [-0.2, 0) is 23.8 Å². The Bertz CT molecular complexity index is 331. The summed E-state index contributed by atoms with van der Waals surface area (Å²) in [4.78, 5) is 21.8. The molecule has 0 fully saturated rings. The number of unbranched alkanes of at least 4 members (excludes halogenated alkanes) is 1. The number of carbonyl (C=O) groups excluding carboxylic acids is 1. The number of carboxylic acids is 1. The number of hydrogen-bond acceptors (Lipinski definition) is 8. The normalized spacial score (nSPS) is 12.3. The topological polar surface area (TPSA) is 143 Å². The first-order valence-corrected chi connectivity index (χ1v) is 7.88. The van der Waals surface area contributed by atoms with E-state index in [4.69, 9.17) is 29.5 Å². The molecule has 1 unspecified atom stereocenters. The van der Waals surface area contributed by atoms with Crippen LogP contribution >= 0.6 is 0 Å². The molecular weight excluding hydrogens is 324 g/mol. The maximum atomic E-state index is 11.5. The van der Waals surface area contributed by atoms with E-state index in [0.29, 0.717) is 12.8 Å². The van der Waals surface area contributed by atoms with Gasteiger partial charge in [0.2, 0.25) is 0 Å². The number of esters is 1. The van der Waals surface area contributed by atoms with Gasteiger partial charge in [-0.15, -0.1) is 0 Å². The molecule has 0 spiro atoms. The number of carboxylic acid groups (broad SMARTS) is 1. The van der Waals surface area contributed by atoms with Crippen LogP contribution in [0.4, 0.5) is 0 Å². The molecule has 0 amide bonds. The molecule has 0 aromatic rings. The van der Waals surface area contributed by atoms with Crippen LogP contribution in [0, 0.1) is 11.8 Å². The van der Waals surface area contributed by atoms with Crippen LogP contribution in [0.1, 0.15) is 25.7 Å². The van der Waals surface area contributed by atoms with Gasteiger partial charge in [-0.3, -0.25) is 9.59 Å². The van der Waals surface area contributed by atoms with E-state index in [1.54, 1.807) is 0 Å². The maximum Gasteiger partial charge on any atom is 0.305 e. The van der Waals surface area contributed by atoms with E-state index >= 15 is 0 Å². The Morgan fingerprint density at radius 1 is 0.792 bits per heavy atom. The Kier molecular flexibility index (Phi) is 14.5. The number of rotatable bonds is 16. The van der Waals surface area contributed by atoms with E-state index in [1.807, 2.05) is 0 Å². The molecule has 0 aromatic carbocycles. The largest absolute Gasteiger partial charge is 0.481 e. The van der Waals surface area contributed by atoms with Crippen molar-refractivity contribution in [1.29, 1.82) is 0 Å². The van der Waals surface area contributed by atoms with Gasteiger partial charge < -0.3 is 34.6 Å². The summed E-state index contributed by atoms with van der Waals surface area (Å²) < 4.78 is 15.3. The molecule has 24 heavy (non-hydrogen) atoms. The predicted octanol–water partition coefficient (Wildman–Crippen LogP) is -0.625. The second-order valence-electron chi connectivity index (χ2n) is 5.42. The molecule has 4 N–H and O–H groups in total. The average molecular weight is 352 g/mol. The number of hydrogen-bond donors (Lipinski definition) is 4. The van der Waals surface area contributed by atoms with E-state index < -0.39 is 11.9 Å². The highest BCUT2D eigenvalue weighted by Gasteiger charge is 2.12. The van der Waals surface area contributed by atoms with Crippen molar-refractivity contribution >= 4 is 11.9 Å². The number of carbonyl (C=O) groups is 2. The van der Waals surface area contributed by atoms with Crippen molar-refractivity contribution in [2.75, 3.05) is 46.4 Å². The number of aliphatic hydroxyl groups is 3. The van der Waals surface area contributed by atoms with Gasteiger partial charge in [-0.25, -0.2) is 0 Å². The molecule has 0 bridgehead atoms. The highest BCUT2D eigenvalue weighted by Crippen LogP contribution is 2.04. The average Bonchev–Trinajstić information content (AvgIpc) is 2.57. The van der Waals surface area contributed by atoms with E-state index in [2.05, 4.69) is 0 Å². The first-order valence-electron chi connectivity index (χ1n) is 7.88. The molecule has 0 aliphatic heterocycles. The molecule has 0 saturated heterocycles. The van der Waals surface area contributed by atoms with Gasteiger partial charge in [0.15, 0.2) is 0 Å². The Morgan fingerprint density at radius 3 is 1.88 bits per heavy atom. The molecule has 142 valence electrons. The molecule has 0 radical (unpaired) electrons. The van der Waals surface area contributed by atoms with Crippen LogP contribution in [0.15, 0.2) is 0 Å². The lowest BCUT2D eigenvalue weighted by Gasteiger charge is -2.16. The summed E-state index contributed by atoms with van der Waals surface area (Å²) >= 11 is 0. The van der Waals surface area contributed by atoms with Crippen LogP contribution in [0.2, 0.25) is 0 Å². The van der Waals surface area contributed by atoms with Gasteiger partial charge in [0.1, 0.15) is 6.79 Å². The number of aliphatic hydroxyl groups excluding tert-OH is 3. The SMILES string of the molecule is O=C(O)CCCCC(=O)OCC(CO)COCOCC(CO)CO. The Labute approximate surface area is 141 Å². The van der Waals surface area contributed by atoms with Gasteiger partial charge in [0, 0.05) is 24.7 Å². The monoisotopic (exact) mass is 352 g/mol. The van der Waals surface area contributed by atoms with Crippen molar-refractivity contribution in [3.63, 3.8) is 0 Å². The smallest absolute Gasteiger partial charge is 0.305 e. The molecule has 0 aliphatic carbocycles. The molecule has 0 rings (SSSR count). The zero-order valence-electron chi connectivity index (χ0n) is 13.8. The highest BCUT2D eigenvalue weighted by molar-refractivity contribution is 5.69. The lowest BCUT2D eigenvalue weighted by atomic mass is 10.2. The summed E-state index contributed by atoms with van der Waals surface area (Å²) in [6.07, 6.45) is 1.01. The third-order valence-corrected chi connectivity index (χ3v) is 3.15. The molecule has 0 saturated carbocycles. The number of aliphatic carboxylic acids is 1. The fourth-order valence-corrected chi connectivity index (χ4v) is 1.63. The van der Waals surface area contributed by atoms with Crippen LogP contribution in [-0.4, -0.2) is 78.8 Å². The van der Waals surface area contributed by atoms with Crippen LogP contribution in [0.5, 0.6) is 0 Å². The van der Waals surface area contributed by atoms with Gasteiger partial charge >= 0.3 is 11.9 Å². The van der Waals surface area contributed by atoms with E-state index in [0.717, 1.165) is 0 Å². The first kappa shape index (κ1) is 22.7. The summed E-state index contributed by atoms with van der Waals surface area (Å²) in [5.74, 6) is -2.08. The summed E-state index contributed by atoms with van der Waals surface area (Å²) in [6.45, 7) is -0.354. The van der Waals surface area contributed by atoms with Crippen LogP contribution in [0.3, 0.4) is 0 Å². The van der Waals surface area contributed by atoms with Gasteiger partial charge in [-0.2, -0.15) is 0 Å². The highest BCUT2D eigenvalue weighted by atomic mass is 16.7. The zero-order chi connectivity index (χ0) is 18.2. The molecule has 1 atom stereocenters. The first-order chi connectivity index (χ1) is 11.5. The minimum Gasteiger partial charge on any atom is -0.481 e. The Morgan fingerprint density at radius 2 is 1.33 bits per heavy atom. The molecule has 9 nitrogen and oxygen atoms in total. The molecule has 0 aliphatic rings. The summed E-state index contributed by atoms with van der Waals surface area (Å²) in [5, 5.41) is 35.4. The van der Waals surface area contributed by atoms with Crippen molar-refractivity contribution in [3.05, 3.63) is 0 Å². The van der Waals surface area contributed by atoms with E-state index in [-0.39, 0.29) is 71.1 Å². The fraction of sp³-hybridized carbons (Fsp3) is 0.867. The van der Waals surface area contributed by atoms with Gasteiger partial charge in [-0.1, -0.05) is 0 Å². The summed E-state index contributed by atoms with van der Waals surface area (Å²) in [6, 6.07) is 0. The van der Waals surface area contributed by atoms with Crippen LogP contribution in [0.25, 0.3) is 0 Å². The molecule has 0 aromatic heterocycles. The second kappa shape index (κ2) is 15.3. The lowest BCUT2D eigenvalue weighted by Crippen LogP contribution is -2.24. The number of ether oxygens (including phenoxy) is 3. The Hall–Kier alpha value is -1.26. The molecule has 9 heteroatoms. The van der Waals surface area contributed by atoms with Crippen molar-refractivity contribution in [2.24, 2.45) is 11.8 Å². The molecule has 0 heterocycles. The maximum absolute atomic E-state index is 11.5. The van der Waals surface area contributed by atoms with Crippen molar-refractivity contribution in [1.82, 2.24) is 0 Å². The van der Waals surface area contributed by atoms with Crippen molar-refractivity contribution < 1.29 is 44.2 Å². The predicted molar refractivity (Wildman–Crippen MR) is 82.1 cm³/mol. The van der Waals surface area contributed by atoms with Gasteiger partial charge in [-0.05, 0) is 12.8 Å². The third-order valence-electron chi connectivity index (χ3n) is 3.15. The van der Waals surface area contributed by atoms with Gasteiger partial charge in [0.05, 0.1) is 39.6 Å². The molecular formula is C15H28O9. The quantitative estimate of drug-likeness (QED) is 0.162. The zero-order valence-corrected chi connectivity index (χ0v) is 13.8. The fourth-order valence-electron chi connectivity index (χ4n) is 1.63. The summed E-state index contributed by atoms with van der Waals surface area (Å²) in [5.41, 5.74) is 0. The minimum atomic E-state index is -0.896. The Balaban J connectivity index is 3.68. The van der Waals surface area contributed by atoms with E-state index in [9.17, 15) is 14.7 Å². The second-order valence-corrected chi connectivity index (χ2v) is 5.42. The van der Waals surface area contributed by atoms with Crippen molar-refractivity contribution in [2.45, 2.75) is 25.7 Å². The lowest BCUT2D eigenvalue weighted by molar-refractivity contribution is -0.148. The minimum absolute atomic E-state index is 0.00414. The van der Waals surface area contributed by atoms with E-state index in [1.165, 1.54) is 0 Å².